The van der Waals surface area contributed by atoms with Crippen molar-refractivity contribution >= 4 is 22.0 Å². The van der Waals surface area contributed by atoms with E-state index in [0.29, 0.717) is 4.90 Å². The molecular weight excluding hydrogens is 483 g/mol. The molecular formula is C16H21F7NO7S-. The van der Waals surface area contributed by atoms with Crippen molar-refractivity contribution < 1.29 is 62.8 Å². The molecule has 0 aromatic heterocycles. The van der Waals surface area contributed by atoms with Gasteiger partial charge in [-0.3, -0.25) is 4.79 Å². The van der Waals surface area contributed by atoms with Gasteiger partial charge in [-0.1, -0.05) is 6.58 Å². The summed E-state index contributed by atoms with van der Waals surface area (Å²) in [6, 6.07) is -0.870. The first-order valence-electron chi connectivity index (χ1n) is 8.80. The minimum Gasteiger partial charge on any atom is -0.743 e. The Morgan fingerprint density at radius 3 is 1.97 bits per heavy atom. The molecule has 0 aliphatic heterocycles. The number of ether oxygens (including phenoxy) is 2. The highest BCUT2D eigenvalue weighted by atomic mass is 32.2. The lowest BCUT2D eigenvalue weighted by molar-refractivity contribution is -0.351. The van der Waals surface area contributed by atoms with Crippen molar-refractivity contribution in [3.05, 3.63) is 12.7 Å². The molecule has 8 nitrogen and oxygen atoms in total. The predicted octanol–water partition coefficient (Wildman–Crippen LogP) is 2.80. The van der Waals surface area contributed by atoms with Gasteiger partial charge in [0.15, 0.2) is 10.1 Å². The number of nitrogens with zero attached hydrogens (tertiary/aromatic N) is 1. The monoisotopic (exact) mass is 504 g/mol. The van der Waals surface area contributed by atoms with E-state index in [9.17, 15) is 53.3 Å². The molecule has 1 amide bonds. The summed E-state index contributed by atoms with van der Waals surface area (Å²) in [5, 5.41) is -6.05. The lowest BCUT2D eigenvalue weighted by Crippen LogP contribution is -2.63. The quantitative estimate of drug-likeness (QED) is 0.100. The topological polar surface area (TPSA) is 113 Å². The number of hydrogen-bond donors (Lipinski definition) is 0. The molecule has 0 aromatic rings. The van der Waals surface area contributed by atoms with Crippen LogP contribution in [0.15, 0.2) is 12.7 Å². The fourth-order valence-corrected chi connectivity index (χ4v) is 2.82. The van der Waals surface area contributed by atoms with Gasteiger partial charge in [-0.25, -0.2) is 13.2 Å². The molecule has 0 N–H and O–H groups in total. The Labute approximate surface area is 179 Å². The van der Waals surface area contributed by atoms with Gasteiger partial charge < -0.3 is 18.9 Å². The number of amides is 1. The summed E-state index contributed by atoms with van der Waals surface area (Å²) in [5.74, 6) is -13.5. The van der Waals surface area contributed by atoms with Crippen LogP contribution in [0.25, 0.3) is 0 Å². The largest absolute Gasteiger partial charge is 0.743 e. The van der Waals surface area contributed by atoms with Crippen molar-refractivity contribution in [1.82, 2.24) is 4.90 Å². The van der Waals surface area contributed by atoms with Gasteiger partial charge in [0.05, 0.1) is 6.61 Å². The number of rotatable bonds is 12. The molecule has 16 heteroatoms. The Morgan fingerprint density at radius 2 is 1.62 bits per heavy atom. The van der Waals surface area contributed by atoms with Crippen LogP contribution in [0.2, 0.25) is 0 Å². The van der Waals surface area contributed by atoms with Crippen LogP contribution in [0, 0.1) is 0 Å². The molecule has 188 valence electrons. The van der Waals surface area contributed by atoms with Crippen LogP contribution in [-0.2, 0) is 29.2 Å². The van der Waals surface area contributed by atoms with Crippen molar-refractivity contribution in [2.75, 3.05) is 13.2 Å². The van der Waals surface area contributed by atoms with Crippen molar-refractivity contribution in [2.45, 2.75) is 62.8 Å². The van der Waals surface area contributed by atoms with E-state index in [4.69, 9.17) is 0 Å². The average molecular weight is 504 g/mol. The summed E-state index contributed by atoms with van der Waals surface area (Å²) in [5.41, 5.74) is 0. The average Bonchev–Trinajstić information content (AvgIpc) is 2.61. The molecule has 0 rings (SSSR count). The van der Waals surface area contributed by atoms with E-state index in [0.717, 1.165) is 0 Å². The van der Waals surface area contributed by atoms with E-state index in [1.165, 1.54) is 20.8 Å². The maximum atomic E-state index is 13.8. The van der Waals surface area contributed by atoms with Gasteiger partial charge in [0.2, 0.25) is 0 Å². The van der Waals surface area contributed by atoms with Crippen LogP contribution >= 0.6 is 0 Å². The van der Waals surface area contributed by atoms with Gasteiger partial charge in [-0.05, 0) is 27.2 Å². The van der Waals surface area contributed by atoms with Crippen LogP contribution in [-0.4, -0.2) is 72.1 Å². The normalized spacial score (nSPS) is 15.2. The van der Waals surface area contributed by atoms with Crippen LogP contribution in [0.4, 0.5) is 30.7 Å². The number of likely N-dealkylation sites (N-methyl/N-ethyl adjacent to an activating group) is 1. The minimum atomic E-state index is -6.80. The molecule has 0 saturated carbocycles. The Kier molecular flexibility index (Phi) is 9.71. The van der Waals surface area contributed by atoms with Crippen molar-refractivity contribution in [3.8, 4) is 0 Å². The molecule has 0 aliphatic rings. The summed E-state index contributed by atoms with van der Waals surface area (Å²) >= 11 is 0. The zero-order chi connectivity index (χ0) is 25.8. The molecule has 1 atom stereocenters. The molecule has 0 aromatic carbocycles. The molecule has 0 aliphatic carbocycles. The highest BCUT2D eigenvalue weighted by Gasteiger charge is 2.67. The summed E-state index contributed by atoms with van der Waals surface area (Å²) in [7, 11) is -6.80. The predicted molar refractivity (Wildman–Crippen MR) is 92.4 cm³/mol. The number of alkyl halides is 7. The first kappa shape index (κ1) is 30.1. The zero-order valence-electron chi connectivity index (χ0n) is 17.0. The SMILES string of the molecule is C=CC(=O)OC(OCCCC(F)(F)C(F)(F)S(=O)(=O)[O-])(C(=O)N(CC)C(C)C)C(F)(F)F. The molecule has 0 bridgehead atoms. The van der Waals surface area contributed by atoms with E-state index in [2.05, 4.69) is 16.1 Å². The number of hydrogen-bond acceptors (Lipinski definition) is 7. The number of halogens is 7. The third kappa shape index (κ3) is 6.31. The summed E-state index contributed by atoms with van der Waals surface area (Å²) in [4.78, 5) is 24.7. The smallest absolute Gasteiger partial charge is 0.466 e. The second-order valence-electron chi connectivity index (χ2n) is 6.55. The van der Waals surface area contributed by atoms with Gasteiger partial charge in [0.1, 0.15) is 0 Å². The van der Waals surface area contributed by atoms with Gasteiger partial charge in [0.25, 0.3) is 0 Å². The van der Waals surface area contributed by atoms with Gasteiger partial charge in [-0.2, -0.15) is 30.7 Å². The highest BCUT2D eigenvalue weighted by molar-refractivity contribution is 7.86. The highest BCUT2D eigenvalue weighted by Crippen LogP contribution is 2.42. The van der Waals surface area contributed by atoms with Crippen LogP contribution in [0.1, 0.15) is 33.6 Å². The van der Waals surface area contributed by atoms with Crippen molar-refractivity contribution in [3.63, 3.8) is 0 Å². The molecule has 0 radical (unpaired) electrons. The van der Waals surface area contributed by atoms with E-state index < -0.39 is 70.6 Å². The fraction of sp³-hybridized carbons (Fsp3) is 0.750. The molecule has 0 saturated heterocycles. The third-order valence-electron chi connectivity index (χ3n) is 3.97. The first-order chi connectivity index (χ1) is 14.2. The second kappa shape index (κ2) is 10.3. The van der Waals surface area contributed by atoms with Crippen molar-refractivity contribution in [2.24, 2.45) is 0 Å². The standard InChI is InChI=1S/C16H22F7NO7S/c1-5-11(25)31-14(15(19,20)21,12(26)24(6-2)10(3)4)30-9-7-8-13(17,18)16(22,23)32(27,28)29/h5,10H,1,6-9H2,2-4H3,(H,27,28,29)/p-1. The van der Waals surface area contributed by atoms with Crippen molar-refractivity contribution in [1.29, 1.82) is 0 Å². The summed E-state index contributed by atoms with van der Waals surface area (Å²) in [6.45, 7) is 4.93. The Morgan fingerprint density at radius 1 is 1.12 bits per heavy atom. The minimum absolute atomic E-state index is 0.261. The molecule has 0 heterocycles. The number of carbonyl (C=O) groups is 2. The summed E-state index contributed by atoms with van der Waals surface area (Å²) in [6.07, 6.45) is -8.99. The van der Waals surface area contributed by atoms with E-state index in [1.54, 1.807) is 0 Å². The van der Waals surface area contributed by atoms with Gasteiger partial charge in [-0.15, -0.1) is 0 Å². The summed E-state index contributed by atoms with van der Waals surface area (Å²) < 4.78 is 134. The van der Waals surface area contributed by atoms with Gasteiger partial charge in [0, 0.05) is 25.1 Å². The maximum Gasteiger partial charge on any atom is 0.466 e. The number of carbonyl (C=O) groups excluding carboxylic acids is 2. The Hall–Kier alpha value is -1.94. The molecule has 32 heavy (non-hydrogen) atoms. The lowest BCUT2D eigenvalue weighted by Gasteiger charge is -2.38. The van der Waals surface area contributed by atoms with Crippen LogP contribution in [0.5, 0.6) is 0 Å². The fourth-order valence-electron chi connectivity index (χ4n) is 2.35. The van der Waals surface area contributed by atoms with E-state index >= 15 is 0 Å². The van der Waals surface area contributed by atoms with Crippen LogP contribution < -0.4 is 0 Å². The van der Waals surface area contributed by atoms with E-state index in [-0.39, 0.29) is 12.6 Å². The zero-order valence-corrected chi connectivity index (χ0v) is 17.9. The second-order valence-corrected chi connectivity index (χ2v) is 7.97. The van der Waals surface area contributed by atoms with Gasteiger partial charge >= 0.3 is 35.0 Å². The van der Waals surface area contributed by atoms with E-state index in [1.807, 2.05) is 0 Å². The molecule has 1 unspecified atom stereocenters. The van der Waals surface area contributed by atoms with Crippen LogP contribution in [0.3, 0.4) is 0 Å². The lowest BCUT2D eigenvalue weighted by atomic mass is 10.1. The molecule has 0 spiro atoms. The Bertz CT molecular complexity index is 799. The maximum absolute atomic E-state index is 13.8. The third-order valence-corrected chi connectivity index (χ3v) is 4.90. The molecule has 0 fully saturated rings. The number of esters is 1. The Balaban J connectivity index is 5.95. The first-order valence-corrected chi connectivity index (χ1v) is 10.2.